The SMILES string of the molecule is COc1ccc(NC(=O)CSc2nnc(-c3ccccc3)n2-n2cccc2)cc1OC. The van der Waals surface area contributed by atoms with Crippen molar-refractivity contribution in [3.8, 4) is 22.9 Å². The molecule has 0 saturated heterocycles. The fraction of sp³-hybridized carbons (Fsp3) is 0.136. The van der Waals surface area contributed by atoms with Gasteiger partial charge in [0.2, 0.25) is 11.1 Å². The second kappa shape index (κ2) is 9.40. The van der Waals surface area contributed by atoms with Crippen LogP contribution in [-0.2, 0) is 4.79 Å². The summed E-state index contributed by atoms with van der Waals surface area (Å²) in [5, 5.41) is 12.2. The van der Waals surface area contributed by atoms with E-state index in [0.29, 0.717) is 28.2 Å². The summed E-state index contributed by atoms with van der Waals surface area (Å²) in [6, 6.07) is 18.9. The van der Waals surface area contributed by atoms with Crippen molar-refractivity contribution in [1.29, 1.82) is 0 Å². The Kier molecular flexibility index (Phi) is 6.23. The van der Waals surface area contributed by atoms with E-state index in [1.54, 1.807) is 32.4 Å². The van der Waals surface area contributed by atoms with Crippen molar-refractivity contribution in [3.05, 3.63) is 73.1 Å². The first-order chi connectivity index (χ1) is 15.2. The maximum Gasteiger partial charge on any atom is 0.234 e. The second-order valence-corrected chi connectivity index (χ2v) is 7.40. The van der Waals surface area contributed by atoms with Crippen molar-refractivity contribution < 1.29 is 14.3 Å². The quantitative estimate of drug-likeness (QED) is 0.424. The predicted octanol–water partition coefficient (Wildman–Crippen LogP) is 3.81. The average molecular weight is 436 g/mol. The van der Waals surface area contributed by atoms with E-state index >= 15 is 0 Å². The van der Waals surface area contributed by atoms with Gasteiger partial charge >= 0.3 is 0 Å². The standard InChI is InChI=1S/C22H21N5O3S/c1-29-18-11-10-17(14-19(18)30-2)23-20(28)15-31-22-25-24-21(16-8-4-3-5-9-16)27(22)26-12-6-7-13-26/h3-14H,15H2,1-2H3,(H,23,28). The maximum absolute atomic E-state index is 12.5. The minimum atomic E-state index is -0.166. The molecule has 0 aliphatic carbocycles. The van der Waals surface area contributed by atoms with Crippen LogP contribution in [0.3, 0.4) is 0 Å². The molecular formula is C22H21N5O3S. The lowest BCUT2D eigenvalue weighted by molar-refractivity contribution is -0.113. The van der Waals surface area contributed by atoms with Crippen molar-refractivity contribution in [2.24, 2.45) is 0 Å². The van der Waals surface area contributed by atoms with Crippen molar-refractivity contribution >= 4 is 23.4 Å². The normalized spacial score (nSPS) is 10.6. The summed E-state index contributed by atoms with van der Waals surface area (Å²) in [6.45, 7) is 0. The predicted molar refractivity (Wildman–Crippen MR) is 120 cm³/mol. The molecule has 4 rings (SSSR count). The molecule has 0 aliphatic rings. The lowest BCUT2D eigenvalue weighted by atomic mass is 10.2. The van der Waals surface area contributed by atoms with Gasteiger partial charge in [-0.25, -0.2) is 4.68 Å². The number of hydrogen-bond acceptors (Lipinski definition) is 6. The van der Waals surface area contributed by atoms with Gasteiger partial charge < -0.3 is 14.8 Å². The van der Waals surface area contributed by atoms with Crippen molar-refractivity contribution in [1.82, 2.24) is 19.5 Å². The van der Waals surface area contributed by atoms with Gasteiger partial charge in [0.25, 0.3) is 0 Å². The number of carbonyl (C=O) groups is 1. The van der Waals surface area contributed by atoms with E-state index in [2.05, 4.69) is 15.5 Å². The molecule has 1 amide bonds. The zero-order chi connectivity index (χ0) is 21.6. The topological polar surface area (TPSA) is 83.2 Å². The highest BCUT2D eigenvalue weighted by molar-refractivity contribution is 7.99. The number of benzene rings is 2. The van der Waals surface area contributed by atoms with Crippen LogP contribution in [-0.4, -0.2) is 45.4 Å². The number of rotatable bonds is 8. The molecule has 0 fully saturated rings. The van der Waals surface area contributed by atoms with Crippen LogP contribution in [0.1, 0.15) is 0 Å². The third kappa shape index (κ3) is 4.56. The molecule has 31 heavy (non-hydrogen) atoms. The van der Waals surface area contributed by atoms with E-state index in [0.717, 1.165) is 5.56 Å². The smallest absolute Gasteiger partial charge is 0.234 e. The Morgan fingerprint density at radius 3 is 2.42 bits per heavy atom. The highest BCUT2D eigenvalue weighted by atomic mass is 32.2. The molecule has 0 saturated carbocycles. The molecule has 4 aromatic rings. The summed E-state index contributed by atoms with van der Waals surface area (Å²) < 4.78 is 14.3. The minimum Gasteiger partial charge on any atom is -0.493 e. The molecule has 2 aromatic heterocycles. The van der Waals surface area contributed by atoms with Gasteiger partial charge in [-0.15, -0.1) is 10.2 Å². The van der Waals surface area contributed by atoms with Gasteiger partial charge in [-0.1, -0.05) is 42.1 Å². The first kappa shape index (κ1) is 20.5. The van der Waals surface area contributed by atoms with E-state index in [-0.39, 0.29) is 11.7 Å². The summed E-state index contributed by atoms with van der Waals surface area (Å²) >= 11 is 1.31. The molecule has 0 aliphatic heterocycles. The highest BCUT2D eigenvalue weighted by Crippen LogP contribution is 2.30. The Morgan fingerprint density at radius 2 is 1.71 bits per heavy atom. The summed E-state index contributed by atoms with van der Waals surface area (Å²) in [5.74, 6) is 1.85. The lowest BCUT2D eigenvalue weighted by Gasteiger charge is -2.12. The van der Waals surface area contributed by atoms with Gasteiger partial charge in [-0.05, 0) is 24.3 Å². The fourth-order valence-corrected chi connectivity index (χ4v) is 3.76. The van der Waals surface area contributed by atoms with Crippen LogP contribution in [0.4, 0.5) is 5.69 Å². The van der Waals surface area contributed by atoms with Crippen LogP contribution in [0.15, 0.2) is 78.2 Å². The van der Waals surface area contributed by atoms with Crippen LogP contribution in [0.25, 0.3) is 11.4 Å². The lowest BCUT2D eigenvalue weighted by Crippen LogP contribution is -2.16. The van der Waals surface area contributed by atoms with E-state index in [4.69, 9.17) is 9.47 Å². The number of aromatic nitrogens is 4. The Hall–Kier alpha value is -3.72. The fourth-order valence-electron chi connectivity index (χ4n) is 3.03. The molecular weight excluding hydrogens is 414 g/mol. The first-order valence-corrected chi connectivity index (χ1v) is 10.5. The van der Waals surface area contributed by atoms with Crippen LogP contribution >= 0.6 is 11.8 Å². The van der Waals surface area contributed by atoms with Gasteiger partial charge in [0.1, 0.15) is 0 Å². The third-order valence-electron chi connectivity index (χ3n) is 4.46. The summed E-state index contributed by atoms with van der Waals surface area (Å²) in [5.41, 5.74) is 1.56. The number of nitrogens with one attached hydrogen (secondary N) is 1. The Morgan fingerprint density at radius 1 is 0.968 bits per heavy atom. The number of amides is 1. The maximum atomic E-state index is 12.5. The summed E-state index contributed by atoms with van der Waals surface area (Å²) in [7, 11) is 3.12. The van der Waals surface area contributed by atoms with Crippen LogP contribution < -0.4 is 14.8 Å². The molecule has 0 spiro atoms. The summed E-state index contributed by atoms with van der Waals surface area (Å²) in [6.07, 6.45) is 3.81. The zero-order valence-electron chi connectivity index (χ0n) is 17.1. The molecule has 158 valence electrons. The van der Waals surface area contributed by atoms with E-state index < -0.39 is 0 Å². The van der Waals surface area contributed by atoms with Gasteiger partial charge in [0.05, 0.1) is 20.0 Å². The Bertz CT molecular complexity index is 1160. The van der Waals surface area contributed by atoms with Gasteiger partial charge in [0, 0.05) is 29.7 Å². The molecule has 0 atom stereocenters. The van der Waals surface area contributed by atoms with Crippen LogP contribution in [0.2, 0.25) is 0 Å². The molecule has 8 nitrogen and oxygen atoms in total. The number of methoxy groups -OCH3 is 2. The van der Waals surface area contributed by atoms with Gasteiger partial charge in [-0.2, -0.15) is 0 Å². The number of thioether (sulfide) groups is 1. The van der Waals surface area contributed by atoms with Gasteiger partial charge in [0.15, 0.2) is 17.3 Å². The zero-order valence-corrected chi connectivity index (χ0v) is 17.9. The van der Waals surface area contributed by atoms with Crippen molar-refractivity contribution in [2.45, 2.75) is 5.16 Å². The number of anilines is 1. The third-order valence-corrected chi connectivity index (χ3v) is 5.38. The number of nitrogens with zero attached hydrogens (tertiary/aromatic N) is 4. The van der Waals surface area contributed by atoms with E-state index in [1.807, 2.05) is 64.2 Å². The van der Waals surface area contributed by atoms with Crippen molar-refractivity contribution in [3.63, 3.8) is 0 Å². The molecule has 0 unspecified atom stereocenters. The van der Waals surface area contributed by atoms with Crippen LogP contribution in [0.5, 0.6) is 11.5 Å². The molecule has 1 N–H and O–H groups in total. The molecule has 9 heteroatoms. The van der Waals surface area contributed by atoms with E-state index in [9.17, 15) is 4.79 Å². The highest BCUT2D eigenvalue weighted by Gasteiger charge is 2.17. The largest absolute Gasteiger partial charge is 0.493 e. The number of hydrogen-bond donors (Lipinski definition) is 1. The Labute approximate surface area is 183 Å². The monoisotopic (exact) mass is 435 g/mol. The average Bonchev–Trinajstić information content (AvgIpc) is 3.47. The Balaban J connectivity index is 1.51. The van der Waals surface area contributed by atoms with Gasteiger partial charge in [-0.3, -0.25) is 9.47 Å². The minimum absolute atomic E-state index is 0.166. The first-order valence-electron chi connectivity index (χ1n) is 9.48. The second-order valence-electron chi connectivity index (χ2n) is 6.45. The summed E-state index contributed by atoms with van der Waals surface area (Å²) in [4.78, 5) is 12.5. The van der Waals surface area contributed by atoms with E-state index in [1.165, 1.54) is 11.8 Å². The molecule has 0 radical (unpaired) electrons. The van der Waals surface area contributed by atoms with Crippen molar-refractivity contribution in [2.75, 3.05) is 25.3 Å². The molecule has 2 heterocycles. The molecule has 2 aromatic carbocycles. The van der Waals surface area contributed by atoms with Crippen LogP contribution in [0, 0.1) is 0 Å². The number of ether oxygens (including phenoxy) is 2. The molecule has 0 bridgehead atoms. The number of carbonyl (C=O) groups excluding carboxylic acids is 1.